The van der Waals surface area contributed by atoms with E-state index in [0.717, 1.165) is 16.6 Å². The van der Waals surface area contributed by atoms with Gasteiger partial charge in [-0.3, -0.25) is 15.2 Å². The summed E-state index contributed by atoms with van der Waals surface area (Å²) in [6.45, 7) is 6.48. The largest absolute Gasteiger partial charge is 0.298 e. The van der Waals surface area contributed by atoms with Crippen molar-refractivity contribution >= 4 is 33.3 Å². The van der Waals surface area contributed by atoms with Crippen LogP contribution in [0.3, 0.4) is 0 Å². The normalized spacial score (nSPS) is 20.0. The number of anilines is 1. The van der Waals surface area contributed by atoms with E-state index in [1.54, 1.807) is 18.3 Å². The number of amides is 1. The van der Waals surface area contributed by atoms with Gasteiger partial charge in [-0.15, -0.1) is 11.3 Å². The van der Waals surface area contributed by atoms with Crippen molar-refractivity contribution in [2.24, 2.45) is 5.92 Å². The fourth-order valence-electron chi connectivity index (χ4n) is 3.66. The molecule has 4 rings (SSSR count). The highest BCUT2D eigenvalue weighted by Gasteiger charge is 2.25. The maximum Gasteiger partial charge on any atom is 0.257 e. The van der Waals surface area contributed by atoms with Crippen molar-refractivity contribution in [3.63, 3.8) is 0 Å². The van der Waals surface area contributed by atoms with Gasteiger partial charge in [-0.25, -0.2) is 4.98 Å². The fourth-order valence-corrected chi connectivity index (χ4v) is 4.40. The zero-order valence-corrected chi connectivity index (χ0v) is 15.7. The minimum absolute atomic E-state index is 0.165. The SMILES string of the molecule is CC1=CC(C)C(c2csc(NC(=O)c3ccc4cn[nH]c4c3)n2)C(C)=C1. The first kappa shape index (κ1) is 16.7. The van der Waals surface area contributed by atoms with Crippen molar-refractivity contribution in [2.45, 2.75) is 26.7 Å². The van der Waals surface area contributed by atoms with Gasteiger partial charge in [0.25, 0.3) is 5.91 Å². The average molecular weight is 364 g/mol. The standard InChI is InChI=1S/C20H20N4OS/c1-11-6-12(2)18(13(3)7-11)17-10-26-20(22-17)23-19(25)14-4-5-15-9-21-24-16(15)8-14/h4-10,12,18H,1-3H3,(H,21,24)(H,22,23,25). The molecule has 2 N–H and O–H groups in total. The molecule has 5 nitrogen and oxygen atoms in total. The number of aromatic amines is 1. The molecule has 1 aliphatic carbocycles. The molecule has 1 aliphatic rings. The number of fused-ring (bicyclic) bond motifs is 1. The van der Waals surface area contributed by atoms with Crippen LogP contribution in [-0.4, -0.2) is 21.1 Å². The van der Waals surface area contributed by atoms with Crippen molar-refractivity contribution in [3.8, 4) is 0 Å². The number of H-pyrrole nitrogens is 1. The Morgan fingerprint density at radius 2 is 2.15 bits per heavy atom. The van der Waals surface area contributed by atoms with Gasteiger partial charge in [0.15, 0.2) is 5.13 Å². The molecule has 2 heterocycles. The summed E-state index contributed by atoms with van der Waals surface area (Å²) < 4.78 is 0. The summed E-state index contributed by atoms with van der Waals surface area (Å²) in [5.41, 5.74) is 5.05. The van der Waals surface area contributed by atoms with Gasteiger partial charge in [-0.2, -0.15) is 5.10 Å². The number of nitrogens with zero attached hydrogens (tertiary/aromatic N) is 2. The summed E-state index contributed by atoms with van der Waals surface area (Å²) in [6, 6.07) is 5.48. The predicted molar refractivity (Wildman–Crippen MR) is 106 cm³/mol. The molecule has 2 atom stereocenters. The van der Waals surface area contributed by atoms with Crippen LogP contribution in [0.25, 0.3) is 10.9 Å². The molecule has 2 unspecified atom stereocenters. The number of nitrogens with one attached hydrogen (secondary N) is 2. The molecule has 2 aromatic heterocycles. The molecule has 0 fully saturated rings. The van der Waals surface area contributed by atoms with E-state index in [0.29, 0.717) is 16.6 Å². The second kappa shape index (κ2) is 6.53. The third-order valence-corrected chi connectivity index (χ3v) is 5.54. The van der Waals surface area contributed by atoms with E-state index in [4.69, 9.17) is 0 Å². The van der Waals surface area contributed by atoms with Gasteiger partial charge in [-0.05, 0) is 31.9 Å². The van der Waals surface area contributed by atoms with E-state index in [9.17, 15) is 4.79 Å². The predicted octanol–water partition coefficient (Wildman–Crippen LogP) is 4.90. The van der Waals surface area contributed by atoms with Crippen molar-refractivity contribution < 1.29 is 4.79 Å². The lowest BCUT2D eigenvalue weighted by atomic mass is 9.80. The van der Waals surface area contributed by atoms with E-state index in [1.165, 1.54) is 22.5 Å². The summed E-state index contributed by atoms with van der Waals surface area (Å²) in [6.07, 6.45) is 6.22. The first-order valence-electron chi connectivity index (χ1n) is 8.58. The molecule has 3 aromatic rings. The first-order valence-corrected chi connectivity index (χ1v) is 9.46. The molecule has 0 saturated carbocycles. The summed E-state index contributed by atoms with van der Waals surface area (Å²) in [5.74, 6) is 0.498. The van der Waals surface area contributed by atoms with Gasteiger partial charge >= 0.3 is 0 Å². The average Bonchev–Trinajstić information content (AvgIpc) is 3.22. The van der Waals surface area contributed by atoms with Crippen LogP contribution in [0.15, 0.2) is 53.1 Å². The van der Waals surface area contributed by atoms with Gasteiger partial charge in [0.05, 0.1) is 17.4 Å². The van der Waals surface area contributed by atoms with Crippen LogP contribution >= 0.6 is 11.3 Å². The van der Waals surface area contributed by atoms with Crippen LogP contribution in [0, 0.1) is 5.92 Å². The molecule has 0 aliphatic heterocycles. The lowest BCUT2D eigenvalue weighted by Crippen LogP contribution is -2.15. The van der Waals surface area contributed by atoms with Crippen molar-refractivity contribution in [1.82, 2.24) is 15.2 Å². The Bertz CT molecular complexity index is 1040. The lowest BCUT2D eigenvalue weighted by molar-refractivity contribution is 0.102. The van der Waals surface area contributed by atoms with Crippen LogP contribution in [0.4, 0.5) is 5.13 Å². The number of hydrogen-bond donors (Lipinski definition) is 2. The summed E-state index contributed by atoms with van der Waals surface area (Å²) >= 11 is 1.47. The number of benzene rings is 1. The number of carbonyl (C=O) groups excluding carboxylic acids is 1. The van der Waals surface area contributed by atoms with Crippen molar-refractivity contribution in [3.05, 3.63) is 64.3 Å². The smallest absolute Gasteiger partial charge is 0.257 e. The third kappa shape index (κ3) is 3.08. The van der Waals surface area contributed by atoms with Crippen LogP contribution in [0.1, 0.15) is 42.7 Å². The first-order chi connectivity index (χ1) is 12.5. The summed E-state index contributed by atoms with van der Waals surface area (Å²) in [4.78, 5) is 17.2. The Hall–Kier alpha value is -2.73. The van der Waals surface area contributed by atoms with E-state index in [-0.39, 0.29) is 11.8 Å². The molecule has 1 aromatic carbocycles. The molecule has 26 heavy (non-hydrogen) atoms. The van der Waals surface area contributed by atoms with E-state index >= 15 is 0 Å². The molecule has 0 spiro atoms. The Kier molecular flexibility index (Phi) is 4.20. The number of carbonyl (C=O) groups is 1. The van der Waals surface area contributed by atoms with Gasteiger partial charge < -0.3 is 0 Å². The van der Waals surface area contributed by atoms with Crippen LogP contribution in [0.2, 0.25) is 0 Å². The molecular weight excluding hydrogens is 344 g/mol. The topological polar surface area (TPSA) is 70.7 Å². The summed E-state index contributed by atoms with van der Waals surface area (Å²) in [7, 11) is 0. The van der Waals surface area contributed by atoms with Gasteiger partial charge in [0.2, 0.25) is 0 Å². The Morgan fingerprint density at radius 1 is 1.31 bits per heavy atom. The quantitative estimate of drug-likeness (QED) is 0.694. The molecule has 6 heteroatoms. The van der Waals surface area contributed by atoms with E-state index < -0.39 is 0 Å². The lowest BCUT2D eigenvalue weighted by Gasteiger charge is -2.25. The zero-order chi connectivity index (χ0) is 18.3. The molecule has 1 amide bonds. The monoisotopic (exact) mass is 364 g/mol. The Labute approximate surface area is 155 Å². The molecular formula is C20H20N4OS. The number of aromatic nitrogens is 3. The molecule has 0 radical (unpaired) electrons. The maximum absolute atomic E-state index is 12.5. The number of rotatable bonds is 3. The molecule has 132 valence electrons. The Morgan fingerprint density at radius 3 is 2.96 bits per heavy atom. The Balaban J connectivity index is 1.53. The summed E-state index contributed by atoms with van der Waals surface area (Å²) in [5, 5.41) is 13.4. The van der Waals surface area contributed by atoms with Crippen LogP contribution < -0.4 is 5.32 Å². The minimum Gasteiger partial charge on any atom is -0.298 e. The van der Waals surface area contributed by atoms with Crippen LogP contribution in [0.5, 0.6) is 0 Å². The highest BCUT2D eigenvalue weighted by molar-refractivity contribution is 7.14. The number of thiazole rings is 1. The van der Waals surface area contributed by atoms with Gasteiger partial charge in [-0.1, -0.05) is 36.3 Å². The second-order valence-corrected chi connectivity index (χ2v) is 7.70. The fraction of sp³-hybridized carbons (Fsp3) is 0.250. The molecule has 0 saturated heterocycles. The van der Waals surface area contributed by atoms with E-state index in [2.05, 4.69) is 53.4 Å². The highest BCUT2D eigenvalue weighted by Crippen LogP contribution is 2.38. The second-order valence-electron chi connectivity index (χ2n) is 6.84. The van der Waals surface area contributed by atoms with Crippen molar-refractivity contribution in [2.75, 3.05) is 5.32 Å². The van der Waals surface area contributed by atoms with Gasteiger partial charge in [0, 0.05) is 22.2 Å². The third-order valence-electron chi connectivity index (χ3n) is 4.76. The van der Waals surface area contributed by atoms with Crippen LogP contribution in [-0.2, 0) is 0 Å². The number of allylic oxidation sites excluding steroid dienone is 4. The zero-order valence-electron chi connectivity index (χ0n) is 14.9. The van der Waals surface area contributed by atoms with E-state index in [1.807, 2.05) is 11.4 Å². The van der Waals surface area contributed by atoms with Gasteiger partial charge in [0.1, 0.15) is 0 Å². The minimum atomic E-state index is -0.165. The maximum atomic E-state index is 12.5. The highest BCUT2D eigenvalue weighted by atomic mass is 32.1. The van der Waals surface area contributed by atoms with Crippen molar-refractivity contribution in [1.29, 1.82) is 0 Å². The molecule has 0 bridgehead atoms. The number of hydrogen-bond acceptors (Lipinski definition) is 4.